The molecule has 0 amide bonds. The molecule has 0 unspecified atom stereocenters. The van der Waals surface area contributed by atoms with Gasteiger partial charge in [-0.25, -0.2) is 14.6 Å². The minimum atomic E-state index is 0.745. The zero-order valence-electron chi connectivity index (χ0n) is 16.7. The van der Waals surface area contributed by atoms with Gasteiger partial charge in [-0.15, -0.1) is 21.5 Å². The fraction of sp³-hybridized carbons (Fsp3) is 0.350. The molecule has 1 aliphatic rings. The molecule has 0 aromatic carbocycles. The molecule has 0 bridgehead atoms. The van der Waals surface area contributed by atoms with Crippen molar-refractivity contribution >= 4 is 33.2 Å². The second kappa shape index (κ2) is 7.07. The molecule has 0 N–H and O–H groups in total. The van der Waals surface area contributed by atoms with E-state index in [1.165, 1.54) is 4.88 Å². The van der Waals surface area contributed by atoms with Crippen molar-refractivity contribution < 1.29 is 0 Å². The third-order valence-electron chi connectivity index (χ3n) is 5.20. The molecule has 1 saturated heterocycles. The van der Waals surface area contributed by atoms with Gasteiger partial charge in [0.15, 0.2) is 11.6 Å². The molecule has 9 heteroatoms. The van der Waals surface area contributed by atoms with E-state index in [0.29, 0.717) is 0 Å². The van der Waals surface area contributed by atoms with E-state index in [1.807, 2.05) is 36.7 Å². The number of nitrogens with zero attached hydrogens (tertiary/aromatic N) is 8. The van der Waals surface area contributed by atoms with Crippen LogP contribution in [-0.2, 0) is 0 Å². The Labute approximate surface area is 172 Å². The molecule has 5 heterocycles. The molecular formula is C20H22N8S. The number of hydrogen-bond donors (Lipinski definition) is 0. The van der Waals surface area contributed by atoms with Crippen LogP contribution in [0.4, 0.5) is 11.6 Å². The summed E-state index contributed by atoms with van der Waals surface area (Å²) in [5.74, 6) is 2.67. The largest absolute Gasteiger partial charge is 0.352 e. The van der Waals surface area contributed by atoms with Gasteiger partial charge < -0.3 is 9.80 Å². The van der Waals surface area contributed by atoms with Crippen LogP contribution in [0.15, 0.2) is 30.6 Å². The van der Waals surface area contributed by atoms with Crippen molar-refractivity contribution in [3.8, 4) is 5.82 Å². The zero-order chi connectivity index (χ0) is 20.0. The lowest BCUT2D eigenvalue weighted by Crippen LogP contribution is -2.47. The summed E-state index contributed by atoms with van der Waals surface area (Å²) in [4.78, 5) is 15.9. The highest BCUT2D eigenvalue weighted by molar-refractivity contribution is 7.18. The smallest absolute Gasteiger partial charge is 0.176 e. The zero-order valence-corrected chi connectivity index (χ0v) is 17.5. The Bertz CT molecular complexity index is 1160. The molecule has 148 valence electrons. The Morgan fingerprint density at radius 2 is 1.59 bits per heavy atom. The third kappa shape index (κ3) is 3.31. The molecule has 4 aromatic rings. The molecule has 0 aliphatic carbocycles. The Morgan fingerprint density at radius 1 is 0.862 bits per heavy atom. The first-order valence-corrected chi connectivity index (χ1v) is 10.5. The average Bonchev–Trinajstić information content (AvgIpc) is 3.28. The van der Waals surface area contributed by atoms with Crippen LogP contribution in [0.25, 0.3) is 16.0 Å². The first kappa shape index (κ1) is 18.0. The minimum absolute atomic E-state index is 0.745. The normalized spacial score (nSPS) is 14.7. The van der Waals surface area contributed by atoms with Crippen LogP contribution in [0.5, 0.6) is 0 Å². The monoisotopic (exact) mass is 406 g/mol. The molecule has 1 aliphatic heterocycles. The van der Waals surface area contributed by atoms with Crippen LogP contribution in [0, 0.1) is 20.8 Å². The van der Waals surface area contributed by atoms with Crippen molar-refractivity contribution in [3.63, 3.8) is 0 Å². The summed E-state index contributed by atoms with van der Waals surface area (Å²) in [6.45, 7) is 9.65. The first-order valence-electron chi connectivity index (χ1n) is 9.67. The van der Waals surface area contributed by atoms with Gasteiger partial charge >= 0.3 is 0 Å². The fourth-order valence-corrected chi connectivity index (χ4v) is 4.67. The number of rotatable bonds is 3. The molecule has 8 nitrogen and oxygen atoms in total. The number of fused-ring (bicyclic) bond motifs is 1. The maximum atomic E-state index is 4.56. The van der Waals surface area contributed by atoms with Crippen LogP contribution in [0.1, 0.15) is 16.3 Å². The van der Waals surface area contributed by atoms with Crippen molar-refractivity contribution in [2.24, 2.45) is 0 Å². The summed E-state index contributed by atoms with van der Waals surface area (Å²) in [5, 5.41) is 14.5. The Morgan fingerprint density at radius 3 is 2.28 bits per heavy atom. The molecule has 4 aromatic heterocycles. The van der Waals surface area contributed by atoms with Gasteiger partial charge in [0.05, 0.1) is 11.1 Å². The first-order chi connectivity index (χ1) is 14.1. The Kier molecular flexibility index (Phi) is 4.39. The summed E-state index contributed by atoms with van der Waals surface area (Å²) < 4.78 is 1.83. The van der Waals surface area contributed by atoms with Gasteiger partial charge in [0.25, 0.3) is 0 Å². The topological polar surface area (TPSA) is 75.9 Å². The quantitative estimate of drug-likeness (QED) is 0.518. The molecule has 5 rings (SSSR count). The van der Waals surface area contributed by atoms with Crippen molar-refractivity contribution in [2.45, 2.75) is 20.8 Å². The van der Waals surface area contributed by atoms with E-state index in [9.17, 15) is 0 Å². The van der Waals surface area contributed by atoms with Crippen LogP contribution in [0.3, 0.4) is 0 Å². The van der Waals surface area contributed by atoms with Gasteiger partial charge in [0, 0.05) is 36.8 Å². The van der Waals surface area contributed by atoms with Gasteiger partial charge in [0.2, 0.25) is 0 Å². The number of piperazine rings is 1. The van der Waals surface area contributed by atoms with Gasteiger partial charge in [-0.05, 0) is 45.0 Å². The summed E-state index contributed by atoms with van der Waals surface area (Å²) in [7, 11) is 0. The maximum absolute atomic E-state index is 4.56. The van der Waals surface area contributed by atoms with Crippen molar-refractivity contribution in [1.29, 1.82) is 0 Å². The van der Waals surface area contributed by atoms with Crippen LogP contribution in [-0.4, -0.2) is 56.1 Å². The molecule has 1 fully saturated rings. The van der Waals surface area contributed by atoms with E-state index in [1.54, 1.807) is 17.7 Å². The molecule has 0 spiro atoms. The number of hydrogen-bond acceptors (Lipinski definition) is 8. The minimum Gasteiger partial charge on any atom is -0.352 e. The van der Waals surface area contributed by atoms with Crippen LogP contribution < -0.4 is 9.80 Å². The summed E-state index contributed by atoms with van der Waals surface area (Å²) in [6, 6.07) is 8.23. The van der Waals surface area contributed by atoms with E-state index in [2.05, 4.69) is 48.1 Å². The second-order valence-electron chi connectivity index (χ2n) is 7.34. The summed E-state index contributed by atoms with van der Waals surface area (Å²) in [6.07, 6.45) is 1.67. The Hall–Kier alpha value is -3.07. The van der Waals surface area contributed by atoms with E-state index < -0.39 is 0 Å². The standard InChI is InChI=1S/C20H22N8S/c1-13-10-14(2)28(25-13)18-5-4-17(23-24-18)26-6-8-27(9-7-26)19-16-11-15(3)29-20(16)22-12-21-19/h4-5,10-12H,6-9H2,1-3H3. The van der Waals surface area contributed by atoms with E-state index in [-0.39, 0.29) is 0 Å². The molecule has 0 atom stereocenters. The highest BCUT2D eigenvalue weighted by atomic mass is 32.1. The fourth-order valence-electron chi connectivity index (χ4n) is 3.82. The summed E-state index contributed by atoms with van der Waals surface area (Å²) >= 11 is 1.72. The van der Waals surface area contributed by atoms with Crippen molar-refractivity contribution in [3.05, 3.63) is 46.9 Å². The van der Waals surface area contributed by atoms with Crippen molar-refractivity contribution in [2.75, 3.05) is 36.0 Å². The number of anilines is 2. The predicted molar refractivity (Wildman–Crippen MR) is 115 cm³/mol. The van der Waals surface area contributed by atoms with Crippen LogP contribution in [0.2, 0.25) is 0 Å². The highest BCUT2D eigenvalue weighted by Crippen LogP contribution is 2.30. The lowest BCUT2D eigenvalue weighted by atomic mass is 10.2. The van der Waals surface area contributed by atoms with E-state index >= 15 is 0 Å². The van der Waals surface area contributed by atoms with Gasteiger partial charge in [-0.1, -0.05) is 0 Å². The third-order valence-corrected chi connectivity index (χ3v) is 6.16. The summed E-state index contributed by atoms with van der Waals surface area (Å²) in [5.41, 5.74) is 2.03. The maximum Gasteiger partial charge on any atom is 0.176 e. The SMILES string of the molecule is Cc1cc(C)n(-c2ccc(N3CCN(c4ncnc5sc(C)cc45)CC3)nn2)n1. The lowest BCUT2D eigenvalue weighted by molar-refractivity contribution is 0.638. The lowest BCUT2D eigenvalue weighted by Gasteiger charge is -2.36. The Balaban J connectivity index is 1.31. The van der Waals surface area contributed by atoms with Gasteiger partial charge in [0.1, 0.15) is 17.0 Å². The highest BCUT2D eigenvalue weighted by Gasteiger charge is 2.22. The number of thiophene rings is 1. The molecular weight excluding hydrogens is 384 g/mol. The van der Waals surface area contributed by atoms with Gasteiger partial charge in [-0.3, -0.25) is 0 Å². The predicted octanol–water partition coefficient (Wildman–Crippen LogP) is 2.92. The number of aryl methyl sites for hydroxylation is 3. The van der Waals surface area contributed by atoms with E-state index in [4.69, 9.17) is 0 Å². The van der Waals surface area contributed by atoms with E-state index in [0.717, 1.165) is 65.2 Å². The second-order valence-corrected chi connectivity index (χ2v) is 8.57. The van der Waals surface area contributed by atoms with Gasteiger partial charge in [-0.2, -0.15) is 5.10 Å². The van der Waals surface area contributed by atoms with Crippen molar-refractivity contribution in [1.82, 2.24) is 29.9 Å². The molecule has 0 radical (unpaired) electrons. The average molecular weight is 407 g/mol. The molecule has 0 saturated carbocycles. The van der Waals surface area contributed by atoms with Crippen LogP contribution >= 0.6 is 11.3 Å². The number of aromatic nitrogens is 6. The molecule has 29 heavy (non-hydrogen) atoms.